The number of nitrogens with zero attached hydrogens (tertiary/aromatic N) is 1. The average molecular weight is 322 g/mol. The number of nitrogens with one attached hydrogen (secondary N) is 1. The standard InChI is InChI=1S/C13H12BrN3O2/c1-7-4-9(15)6-16-12(7)17-13(19)8-2-3-10(14)11(18)5-8/h2-6,18H,15H2,1H3,(H,16,17,19). The molecule has 6 heteroatoms. The lowest BCUT2D eigenvalue weighted by Crippen LogP contribution is -2.14. The number of hydrogen-bond acceptors (Lipinski definition) is 4. The molecule has 0 aliphatic heterocycles. The monoisotopic (exact) mass is 321 g/mol. The van der Waals surface area contributed by atoms with E-state index in [4.69, 9.17) is 5.73 Å². The normalized spacial score (nSPS) is 10.2. The second-order valence-corrected chi connectivity index (χ2v) is 4.91. The Labute approximate surface area is 118 Å². The van der Waals surface area contributed by atoms with Gasteiger partial charge in [0, 0.05) is 5.56 Å². The van der Waals surface area contributed by atoms with Crippen LogP contribution in [0.15, 0.2) is 34.9 Å². The van der Waals surface area contributed by atoms with Crippen LogP contribution in [0, 0.1) is 6.92 Å². The number of phenols is 1. The van der Waals surface area contributed by atoms with E-state index in [1.54, 1.807) is 25.1 Å². The highest BCUT2D eigenvalue weighted by atomic mass is 79.9. The first-order valence-corrected chi connectivity index (χ1v) is 6.28. The van der Waals surface area contributed by atoms with Gasteiger partial charge in [0.25, 0.3) is 5.91 Å². The molecule has 0 bridgehead atoms. The van der Waals surface area contributed by atoms with Crippen LogP contribution in [0.25, 0.3) is 0 Å². The highest BCUT2D eigenvalue weighted by Crippen LogP contribution is 2.25. The summed E-state index contributed by atoms with van der Waals surface area (Å²) in [5, 5.41) is 12.2. The summed E-state index contributed by atoms with van der Waals surface area (Å²) in [6.07, 6.45) is 1.47. The Morgan fingerprint density at radius 1 is 1.42 bits per heavy atom. The number of benzene rings is 1. The van der Waals surface area contributed by atoms with Gasteiger partial charge >= 0.3 is 0 Å². The fraction of sp³-hybridized carbons (Fsp3) is 0.0769. The molecule has 1 heterocycles. The van der Waals surface area contributed by atoms with E-state index < -0.39 is 0 Å². The van der Waals surface area contributed by atoms with Crippen molar-refractivity contribution in [3.8, 4) is 5.75 Å². The maximum absolute atomic E-state index is 12.0. The van der Waals surface area contributed by atoms with Crippen LogP contribution in [0.4, 0.5) is 11.5 Å². The molecule has 1 aromatic carbocycles. The number of aryl methyl sites for hydroxylation is 1. The Bertz CT molecular complexity index is 644. The number of carbonyl (C=O) groups excluding carboxylic acids is 1. The van der Waals surface area contributed by atoms with Gasteiger partial charge in [0.15, 0.2) is 0 Å². The van der Waals surface area contributed by atoms with Crippen molar-refractivity contribution >= 4 is 33.3 Å². The quantitative estimate of drug-likeness (QED) is 0.793. The second kappa shape index (κ2) is 5.27. The summed E-state index contributed by atoms with van der Waals surface area (Å²) in [6, 6.07) is 6.31. The number of aromatic hydroxyl groups is 1. The predicted molar refractivity (Wildman–Crippen MR) is 77.1 cm³/mol. The number of nitrogen functional groups attached to an aromatic ring is 1. The van der Waals surface area contributed by atoms with Gasteiger partial charge in [-0.3, -0.25) is 4.79 Å². The van der Waals surface area contributed by atoms with Gasteiger partial charge in [-0.05, 0) is 52.7 Å². The molecule has 0 aliphatic carbocycles. The number of nitrogens with two attached hydrogens (primary N) is 1. The lowest BCUT2D eigenvalue weighted by molar-refractivity contribution is 0.102. The molecule has 0 unspecified atom stereocenters. The van der Waals surface area contributed by atoms with Gasteiger partial charge in [0.2, 0.25) is 0 Å². The molecule has 0 saturated heterocycles. The van der Waals surface area contributed by atoms with Crippen molar-refractivity contribution in [1.82, 2.24) is 4.98 Å². The molecule has 1 aromatic heterocycles. The van der Waals surface area contributed by atoms with Gasteiger partial charge < -0.3 is 16.2 Å². The third-order valence-electron chi connectivity index (χ3n) is 2.54. The van der Waals surface area contributed by atoms with E-state index in [0.29, 0.717) is 21.5 Å². The number of phenolic OH excluding ortho intramolecular Hbond substituents is 1. The van der Waals surface area contributed by atoms with E-state index in [-0.39, 0.29) is 11.7 Å². The van der Waals surface area contributed by atoms with Crippen molar-refractivity contribution < 1.29 is 9.90 Å². The number of pyridine rings is 1. The molecule has 0 aliphatic rings. The van der Waals surface area contributed by atoms with E-state index in [1.165, 1.54) is 12.3 Å². The maximum Gasteiger partial charge on any atom is 0.256 e. The Hall–Kier alpha value is -2.08. The van der Waals surface area contributed by atoms with Gasteiger partial charge in [-0.15, -0.1) is 0 Å². The second-order valence-electron chi connectivity index (χ2n) is 4.05. The van der Waals surface area contributed by atoms with E-state index in [9.17, 15) is 9.90 Å². The first-order chi connectivity index (χ1) is 8.97. The first kappa shape index (κ1) is 13.4. The Morgan fingerprint density at radius 2 is 2.16 bits per heavy atom. The van der Waals surface area contributed by atoms with Crippen molar-refractivity contribution in [3.05, 3.63) is 46.1 Å². The van der Waals surface area contributed by atoms with Crippen molar-refractivity contribution in [2.24, 2.45) is 0 Å². The summed E-state index contributed by atoms with van der Waals surface area (Å²) in [5.41, 5.74) is 7.25. The van der Waals surface area contributed by atoms with E-state index in [2.05, 4.69) is 26.2 Å². The maximum atomic E-state index is 12.0. The van der Waals surface area contributed by atoms with Crippen LogP contribution in [-0.2, 0) is 0 Å². The zero-order chi connectivity index (χ0) is 14.0. The summed E-state index contributed by atoms with van der Waals surface area (Å²) < 4.78 is 0.533. The summed E-state index contributed by atoms with van der Waals surface area (Å²) in [4.78, 5) is 16.1. The summed E-state index contributed by atoms with van der Waals surface area (Å²) in [6.45, 7) is 1.80. The summed E-state index contributed by atoms with van der Waals surface area (Å²) >= 11 is 3.16. The fourth-order valence-electron chi connectivity index (χ4n) is 1.56. The largest absolute Gasteiger partial charge is 0.507 e. The molecule has 0 atom stereocenters. The molecule has 2 rings (SSSR count). The van der Waals surface area contributed by atoms with Gasteiger partial charge in [-0.2, -0.15) is 0 Å². The minimum absolute atomic E-state index is 0.00892. The molecule has 0 spiro atoms. The van der Waals surface area contributed by atoms with Crippen LogP contribution in [0.1, 0.15) is 15.9 Å². The van der Waals surface area contributed by atoms with Gasteiger partial charge in [-0.1, -0.05) is 0 Å². The number of anilines is 2. The van der Waals surface area contributed by atoms with Gasteiger partial charge in [0.1, 0.15) is 11.6 Å². The molecule has 0 saturated carbocycles. The lowest BCUT2D eigenvalue weighted by atomic mass is 10.2. The van der Waals surface area contributed by atoms with Crippen molar-refractivity contribution in [1.29, 1.82) is 0 Å². The SMILES string of the molecule is Cc1cc(N)cnc1NC(=O)c1ccc(Br)c(O)c1. The molecular formula is C13H12BrN3O2. The number of halogens is 1. The molecule has 1 amide bonds. The minimum Gasteiger partial charge on any atom is -0.507 e. The van der Waals surface area contributed by atoms with Crippen LogP contribution in [0.5, 0.6) is 5.75 Å². The highest BCUT2D eigenvalue weighted by molar-refractivity contribution is 9.10. The zero-order valence-electron chi connectivity index (χ0n) is 10.1. The molecule has 4 N–H and O–H groups in total. The molecule has 19 heavy (non-hydrogen) atoms. The van der Waals surface area contributed by atoms with E-state index in [1.807, 2.05) is 0 Å². The van der Waals surface area contributed by atoms with Crippen LogP contribution in [0.3, 0.4) is 0 Å². The van der Waals surface area contributed by atoms with Crippen LogP contribution in [-0.4, -0.2) is 16.0 Å². The molecule has 5 nitrogen and oxygen atoms in total. The van der Waals surface area contributed by atoms with Crippen LogP contribution in [0.2, 0.25) is 0 Å². The number of aromatic nitrogens is 1. The Morgan fingerprint density at radius 3 is 2.79 bits per heavy atom. The smallest absolute Gasteiger partial charge is 0.256 e. The Kier molecular flexibility index (Phi) is 3.71. The number of carbonyl (C=O) groups is 1. The molecule has 2 aromatic rings. The molecule has 0 radical (unpaired) electrons. The Balaban J connectivity index is 2.23. The van der Waals surface area contributed by atoms with Crippen molar-refractivity contribution in [2.75, 3.05) is 11.1 Å². The number of hydrogen-bond donors (Lipinski definition) is 3. The summed E-state index contributed by atoms with van der Waals surface area (Å²) in [7, 11) is 0. The molecule has 0 fully saturated rings. The first-order valence-electron chi connectivity index (χ1n) is 5.49. The predicted octanol–water partition coefficient (Wildman–Crippen LogP) is 2.69. The van der Waals surface area contributed by atoms with Crippen molar-refractivity contribution in [3.63, 3.8) is 0 Å². The van der Waals surface area contributed by atoms with Gasteiger partial charge in [0.05, 0.1) is 16.4 Å². The third-order valence-corrected chi connectivity index (χ3v) is 3.21. The summed E-state index contributed by atoms with van der Waals surface area (Å²) in [5.74, 6) is 0.111. The van der Waals surface area contributed by atoms with E-state index in [0.717, 1.165) is 5.56 Å². The average Bonchev–Trinajstić information content (AvgIpc) is 2.36. The lowest BCUT2D eigenvalue weighted by Gasteiger charge is -2.08. The molecular weight excluding hydrogens is 310 g/mol. The number of rotatable bonds is 2. The van der Waals surface area contributed by atoms with Crippen molar-refractivity contribution in [2.45, 2.75) is 6.92 Å². The molecule has 98 valence electrons. The van der Waals surface area contributed by atoms with Crippen LogP contribution >= 0.6 is 15.9 Å². The highest BCUT2D eigenvalue weighted by Gasteiger charge is 2.10. The number of amides is 1. The van der Waals surface area contributed by atoms with E-state index >= 15 is 0 Å². The third kappa shape index (κ3) is 3.03. The van der Waals surface area contributed by atoms with Crippen LogP contribution < -0.4 is 11.1 Å². The topological polar surface area (TPSA) is 88.2 Å². The fourth-order valence-corrected chi connectivity index (χ4v) is 1.81. The van der Waals surface area contributed by atoms with Gasteiger partial charge in [-0.25, -0.2) is 4.98 Å². The zero-order valence-corrected chi connectivity index (χ0v) is 11.7. The minimum atomic E-state index is -0.344.